The maximum Gasteiger partial charge on any atom is 0.162 e. The van der Waals surface area contributed by atoms with Crippen LogP contribution in [0.25, 0.3) is 11.0 Å². The van der Waals surface area contributed by atoms with Gasteiger partial charge in [0.1, 0.15) is 5.82 Å². The zero-order valence-corrected chi connectivity index (χ0v) is 14.1. The fraction of sp³-hybridized carbons (Fsp3) is 0.611. The molecule has 1 aliphatic rings. The molecule has 0 spiro atoms. The summed E-state index contributed by atoms with van der Waals surface area (Å²) in [6.45, 7) is 6.12. The minimum absolute atomic E-state index is 0.0854. The van der Waals surface area contributed by atoms with Crippen LogP contribution in [0.3, 0.4) is 0 Å². The summed E-state index contributed by atoms with van der Waals surface area (Å²) in [5, 5.41) is 13.1. The zero-order valence-electron chi connectivity index (χ0n) is 14.1. The lowest BCUT2D eigenvalue weighted by atomic mass is 10.0. The van der Waals surface area contributed by atoms with Crippen molar-refractivity contribution in [3.8, 4) is 6.07 Å². The number of fused-ring (bicyclic) bond motifs is 1. The molecule has 1 aliphatic heterocycles. The molecule has 0 aliphatic carbocycles. The Labute approximate surface area is 137 Å². The van der Waals surface area contributed by atoms with Crippen molar-refractivity contribution in [2.24, 2.45) is 0 Å². The first kappa shape index (κ1) is 15.8. The first-order valence-electron chi connectivity index (χ1n) is 8.74. The fourth-order valence-electron chi connectivity index (χ4n) is 3.45. The third-order valence-electron chi connectivity index (χ3n) is 4.62. The Bertz CT molecular complexity index is 704. The summed E-state index contributed by atoms with van der Waals surface area (Å²) >= 11 is 0. The first-order valence-corrected chi connectivity index (χ1v) is 8.74. The third-order valence-corrected chi connectivity index (χ3v) is 4.62. The molecule has 5 nitrogen and oxygen atoms in total. The Morgan fingerprint density at radius 3 is 2.65 bits per heavy atom. The van der Waals surface area contributed by atoms with Gasteiger partial charge in [0.05, 0.1) is 17.7 Å². The summed E-state index contributed by atoms with van der Waals surface area (Å²) in [7, 11) is 0. The van der Waals surface area contributed by atoms with E-state index >= 15 is 0 Å². The molecule has 0 bridgehead atoms. The highest BCUT2D eigenvalue weighted by Gasteiger charge is 2.23. The van der Waals surface area contributed by atoms with Crippen LogP contribution < -0.4 is 5.01 Å². The predicted octanol–water partition coefficient (Wildman–Crippen LogP) is 3.66. The Morgan fingerprint density at radius 2 is 2.00 bits per heavy atom. The molecule has 122 valence electrons. The van der Waals surface area contributed by atoms with Crippen LogP contribution in [0.15, 0.2) is 12.3 Å². The maximum absolute atomic E-state index is 9.65. The molecule has 0 radical (unpaired) electrons. The lowest BCUT2D eigenvalue weighted by Crippen LogP contribution is -2.37. The van der Waals surface area contributed by atoms with Crippen molar-refractivity contribution in [2.75, 3.05) is 18.1 Å². The van der Waals surface area contributed by atoms with Gasteiger partial charge in [0.15, 0.2) is 5.65 Å². The number of nitrogens with zero attached hydrogens (tertiary/aromatic N) is 5. The van der Waals surface area contributed by atoms with E-state index in [1.807, 2.05) is 13.1 Å². The second-order valence-corrected chi connectivity index (χ2v) is 6.42. The van der Waals surface area contributed by atoms with Crippen molar-refractivity contribution >= 4 is 11.0 Å². The molecule has 3 heterocycles. The molecule has 1 unspecified atom stereocenters. The molecule has 0 saturated carbocycles. The summed E-state index contributed by atoms with van der Waals surface area (Å²) in [6.07, 6.45) is 8.75. The van der Waals surface area contributed by atoms with Crippen molar-refractivity contribution in [2.45, 2.75) is 58.3 Å². The average molecular weight is 311 g/mol. The topological polar surface area (TPSA) is 57.7 Å². The van der Waals surface area contributed by atoms with Crippen molar-refractivity contribution in [1.82, 2.24) is 14.6 Å². The molecule has 0 aromatic carbocycles. The van der Waals surface area contributed by atoms with Gasteiger partial charge in [0, 0.05) is 24.7 Å². The van der Waals surface area contributed by atoms with Crippen LogP contribution in [0.5, 0.6) is 0 Å². The summed E-state index contributed by atoms with van der Waals surface area (Å²) in [4.78, 5) is 9.01. The Kier molecular flexibility index (Phi) is 4.80. The number of aromatic nitrogens is 3. The van der Waals surface area contributed by atoms with Crippen LogP contribution >= 0.6 is 0 Å². The van der Waals surface area contributed by atoms with E-state index in [2.05, 4.69) is 38.7 Å². The van der Waals surface area contributed by atoms with Crippen LogP contribution in [0, 0.1) is 18.3 Å². The van der Waals surface area contributed by atoms with E-state index in [9.17, 15) is 5.26 Å². The number of hydrogen-bond donors (Lipinski definition) is 0. The van der Waals surface area contributed by atoms with E-state index in [0.717, 1.165) is 48.5 Å². The number of rotatable bonds is 4. The molecule has 5 heteroatoms. The maximum atomic E-state index is 9.65. The molecular weight excluding hydrogens is 286 g/mol. The van der Waals surface area contributed by atoms with Crippen molar-refractivity contribution in [3.63, 3.8) is 0 Å². The SMILES string of the molecule is CCCC(C#N)c1cc2cnc(C)nc2n1N1CCCCCC1. The molecule has 0 N–H and O–H groups in total. The lowest BCUT2D eigenvalue weighted by Gasteiger charge is -2.28. The lowest BCUT2D eigenvalue weighted by molar-refractivity contribution is 0.561. The van der Waals surface area contributed by atoms with Crippen molar-refractivity contribution in [3.05, 3.63) is 23.8 Å². The molecule has 2 aromatic heterocycles. The van der Waals surface area contributed by atoms with Gasteiger partial charge in [-0.2, -0.15) is 5.26 Å². The smallest absolute Gasteiger partial charge is 0.162 e. The van der Waals surface area contributed by atoms with Crippen molar-refractivity contribution < 1.29 is 0 Å². The minimum atomic E-state index is -0.0854. The van der Waals surface area contributed by atoms with Crippen LogP contribution in [0.1, 0.15) is 62.9 Å². The largest absolute Gasteiger partial charge is 0.311 e. The zero-order chi connectivity index (χ0) is 16.2. The highest BCUT2D eigenvalue weighted by molar-refractivity contribution is 5.77. The van der Waals surface area contributed by atoms with E-state index in [-0.39, 0.29) is 5.92 Å². The highest BCUT2D eigenvalue weighted by atomic mass is 15.6. The van der Waals surface area contributed by atoms with E-state index in [1.165, 1.54) is 25.7 Å². The number of hydrogen-bond acceptors (Lipinski definition) is 4. The fourth-order valence-corrected chi connectivity index (χ4v) is 3.45. The van der Waals surface area contributed by atoms with Gasteiger partial charge in [0.25, 0.3) is 0 Å². The van der Waals surface area contributed by atoms with Crippen molar-refractivity contribution in [1.29, 1.82) is 5.26 Å². The summed E-state index contributed by atoms with van der Waals surface area (Å²) < 4.78 is 2.22. The van der Waals surface area contributed by atoms with Crippen LogP contribution in [0.4, 0.5) is 0 Å². The second kappa shape index (κ2) is 6.99. The van der Waals surface area contributed by atoms with Gasteiger partial charge in [0.2, 0.25) is 0 Å². The molecule has 0 amide bonds. The van der Waals surface area contributed by atoms with E-state index < -0.39 is 0 Å². The van der Waals surface area contributed by atoms with Crippen LogP contribution in [-0.4, -0.2) is 27.7 Å². The second-order valence-electron chi connectivity index (χ2n) is 6.42. The molecule has 1 atom stereocenters. The van der Waals surface area contributed by atoms with E-state index in [4.69, 9.17) is 0 Å². The summed E-state index contributed by atoms with van der Waals surface area (Å²) in [5.74, 6) is 0.694. The third kappa shape index (κ3) is 3.17. The van der Waals surface area contributed by atoms with Gasteiger partial charge in [-0.05, 0) is 32.3 Å². The number of nitriles is 1. The van der Waals surface area contributed by atoms with Gasteiger partial charge in [-0.25, -0.2) is 14.6 Å². The quantitative estimate of drug-likeness (QED) is 0.864. The summed E-state index contributed by atoms with van der Waals surface area (Å²) in [6, 6.07) is 4.61. The molecule has 2 aromatic rings. The van der Waals surface area contributed by atoms with Crippen LogP contribution in [0.2, 0.25) is 0 Å². The molecule has 1 fully saturated rings. The monoisotopic (exact) mass is 311 g/mol. The van der Waals surface area contributed by atoms with Crippen LogP contribution in [-0.2, 0) is 0 Å². The standard InChI is InChI=1S/C18H25N5/c1-3-8-15(12-19)17-11-16-13-20-14(2)21-18(16)23(17)22-9-6-4-5-7-10-22/h11,13,15H,3-10H2,1-2H3. The molecule has 1 saturated heterocycles. The highest BCUT2D eigenvalue weighted by Crippen LogP contribution is 2.28. The molecule has 23 heavy (non-hydrogen) atoms. The van der Waals surface area contributed by atoms with Gasteiger partial charge in [-0.15, -0.1) is 0 Å². The molecular formula is C18H25N5. The average Bonchev–Trinajstić information content (AvgIpc) is 2.73. The first-order chi connectivity index (χ1) is 11.2. The van der Waals surface area contributed by atoms with Gasteiger partial charge >= 0.3 is 0 Å². The predicted molar refractivity (Wildman–Crippen MR) is 91.9 cm³/mol. The van der Waals surface area contributed by atoms with Gasteiger partial charge in [-0.1, -0.05) is 26.2 Å². The Balaban J connectivity index is 2.13. The minimum Gasteiger partial charge on any atom is -0.311 e. The van der Waals surface area contributed by atoms with E-state index in [1.54, 1.807) is 0 Å². The summed E-state index contributed by atoms with van der Waals surface area (Å²) in [5.41, 5.74) is 2.02. The van der Waals surface area contributed by atoms with E-state index in [0.29, 0.717) is 0 Å². The molecule has 3 rings (SSSR count). The van der Waals surface area contributed by atoms with Gasteiger partial charge in [-0.3, -0.25) is 0 Å². The number of aryl methyl sites for hydroxylation is 1. The Morgan fingerprint density at radius 1 is 1.26 bits per heavy atom. The van der Waals surface area contributed by atoms with Gasteiger partial charge < -0.3 is 5.01 Å². The Hall–Kier alpha value is -2.09. The normalized spacial score (nSPS) is 17.0.